The number of rotatable bonds is 1. The Balaban J connectivity index is -0.000000180. The fraction of sp³-hybridized carbons (Fsp3) is 0.800. The first-order valence-electron chi connectivity index (χ1n) is 2.24. The van der Waals surface area contributed by atoms with E-state index in [0.29, 0.717) is 0 Å². The molecular formula is C5H14ClNO2. The molecule has 4 N–H and O–H groups in total. The van der Waals surface area contributed by atoms with Gasteiger partial charge in [0.05, 0.1) is 5.54 Å². The number of carbonyl (C=O) groups is 1. The van der Waals surface area contributed by atoms with Crippen molar-refractivity contribution >= 4 is 18.2 Å². The highest BCUT2D eigenvalue weighted by Gasteiger charge is 2.15. The predicted octanol–water partition coefficient (Wildman–Crippen LogP) is -0.0902. The van der Waals surface area contributed by atoms with Crippen LogP contribution in [0.15, 0.2) is 0 Å². The molecule has 0 heterocycles. The smallest absolute Gasteiger partial charge is 0.149 e. The van der Waals surface area contributed by atoms with E-state index in [-0.39, 0.29) is 23.7 Å². The lowest BCUT2D eigenvalue weighted by atomic mass is 10.0. The van der Waals surface area contributed by atoms with Gasteiger partial charge in [0.25, 0.3) is 0 Å². The Kier molecular flexibility index (Phi) is 8.38. The van der Waals surface area contributed by atoms with Gasteiger partial charge in [0.15, 0.2) is 0 Å². The Labute approximate surface area is 61.3 Å². The zero-order chi connectivity index (χ0) is 6.08. The van der Waals surface area contributed by atoms with Crippen LogP contribution in [-0.2, 0) is 4.79 Å². The second-order valence-electron chi connectivity index (χ2n) is 2.28. The Morgan fingerprint density at radius 3 is 1.56 bits per heavy atom. The Hall–Kier alpha value is -0.120. The average molecular weight is 156 g/mol. The molecule has 0 aliphatic rings. The summed E-state index contributed by atoms with van der Waals surface area (Å²) in [5.41, 5.74) is 4.69. The topological polar surface area (TPSA) is 74.6 Å². The third-order valence-corrected chi connectivity index (χ3v) is 0.907. The van der Waals surface area contributed by atoms with Crippen molar-refractivity contribution in [3.05, 3.63) is 0 Å². The lowest BCUT2D eigenvalue weighted by Crippen LogP contribution is -2.39. The van der Waals surface area contributed by atoms with E-state index in [9.17, 15) is 4.79 Å². The standard InChI is InChI=1S/C5H11NO.ClH.H2O/c1-4(7)5(2,3)6;;/h6H2,1-3H3;1H;1H2. The summed E-state index contributed by atoms with van der Waals surface area (Å²) < 4.78 is 0. The van der Waals surface area contributed by atoms with Crippen molar-refractivity contribution in [2.24, 2.45) is 5.73 Å². The molecule has 0 spiro atoms. The summed E-state index contributed by atoms with van der Waals surface area (Å²) >= 11 is 0. The summed E-state index contributed by atoms with van der Waals surface area (Å²) in [6, 6.07) is 0. The molecule has 0 aromatic carbocycles. The number of hydrogen-bond donors (Lipinski definition) is 1. The van der Waals surface area contributed by atoms with Crippen molar-refractivity contribution < 1.29 is 10.3 Å². The molecule has 0 aromatic rings. The third-order valence-electron chi connectivity index (χ3n) is 0.907. The molecule has 9 heavy (non-hydrogen) atoms. The quantitative estimate of drug-likeness (QED) is 0.575. The molecule has 0 atom stereocenters. The van der Waals surface area contributed by atoms with E-state index in [0.717, 1.165) is 0 Å². The van der Waals surface area contributed by atoms with Gasteiger partial charge in [0.2, 0.25) is 0 Å². The SMILES string of the molecule is CC(=O)C(C)(C)N.Cl.O. The van der Waals surface area contributed by atoms with Crippen molar-refractivity contribution in [3.8, 4) is 0 Å². The zero-order valence-electron chi connectivity index (χ0n) is 5.89. The zero-order valence-corrected chi connectivity index (χ0v) is 6.71. The number of ketones is 1. The van der Waals surface area contributed by atoms with Crippen LogP contribution in [0.2, 0.25) is 0 Å². The fourth-order valence-corrected chi connectivity index (χ4v) is 0. The fourth-order valence-electron chi connectivity index (χ4n) is 0. The second-order valence-corrected chi connectivity index (χ2v) is 2.28. The van der Waals surface area contributed by atoms with Crippen LogP contribution in [0.1, 0.15) is 20.8 Å². The van der Waals surface area contributed by atoms with Crippen LogP contribution in [-0.4, -0.2) is 16.8 Å². The van der Waals surface area contributed by atoms with Gasteiger partial charge in [-0.2, -0.15) is 0 Å². The maximum absolute atomic E-state index is 10.3. The number of hydrogen-bond acceptors (Lipinski definition) is 2. The number of carbonyl (C=O) groups excluding carboxylic acids is 1. The van der Waals surface area contributed by atoms with Gasteiger partial charge >= 0.3 is 0 Å². The lowest BCUT2D eigenvalue weighted by Gasteiger charge is -2.11. The Morgan fingerprint density at radius 2 is 1.56 bits per heavy atom. The van der Waals surface area contributed by atoms with E-state index >= 15 is 0 Å². The minimum Gasteiger partial charge on any atom is -0.412 e. The van der Waals surface area contributed by atoms with E-state index in [1.54, 1.807) is 13.8 Å². The third kappa shape index (κ3) is 7.88. The summed E-state index contributed by atoms with van der Waals surface area (Å²) in [6.07, 6.45) is 0. The number of Topliss-reactive ketones (excluding diaryl/α,β-unsaturated/α-hetero) is 1. The monoisotopic (exact) mass is 155 g/mol. The van der Waals surface area contributed by atoms with Crippen molar-refractivity contribution in [3.63, 3.8) is 0 Å². The molecule has 0 bridgehead atoms. The van der Waals surface area contributed by atoms with Gasteiger partial charge in [-0.05, 0) is 20.8 Å². The van der Waals surface area contributed by atoms with Crippen LogP contribution < -0.4 is 5.73 Å². The van der Waals surface area contributed by atoms with Crippen molar-refractivity contribution in [2.75, 3.05) is 0 Å². The first kappa shape index (κ1) is 15.9. The molecular weight excluding hydrogens is 142 g/mol. The summed E-state index contributed by atoms with van der Waals surface area (Å²) in [7, 11) is 0. The molecule has 3 nitrogen and oxygen atoms in total. The molecule has 0 saturated carbocycles. The average Bonchev–Trinajstić information content (AvgIpc) is 1.31. The van der Waals surface area contributed by atoms with Crippen LogP contribution in [0.3, 0.4) is 0 Å². The summed E-state index contributed by atoms with van der Waals surface area (Å²) in [4.78, 5) is 10.3. The van der Waals surface area contributed by atoms with Crippen molar-refractivity contribution in [2.45, 2.75) is 26.3 Å². The van der Waals surface area contributed by atoms with Gasteiger partial charge in [-0.25, -0.2) is 0 Å². The minimum absolute atomic E-state index is 0. The second kappa shape index (κ2) is 4.73. The van der Waals surface area contributed by atoms with Gasteiger partial charge in [0, 0.05) is 0 Å². The van der Waals surface area contributed by atoms with Gasteiger partial charge < -0.3 is 11.2 Å². The molecule has 0 amide bonds. The summed E-state index contributed by atoms with van der Waals surface area (Å²) in [5.74, 6) is 0.0208. The van der Waals surface area contributed by atoms with Crippen LogP contribution in [0, 0.1) is 0 Å². The molecule has 0 aliphatic heterocycles. The van der Waals surface area contributed by atoms with Gasteiger partial charge in [-0.1, -0.05) is 0 Å². The maximum atomic E-state index is 10.3. The van der Waals surface area contributed by atoms with Crippen LogP contribution in [0.25, 0.3) is 0 Å². The normalized spacial score (nSPS) is 8.89. The van der Waals surface area contributed by atoms with Gasteiger partial charge in [-0.3, -0.25) is 4.79 Å². The van der Waals surface area contributed by atoms with E-state index in [2.05, 4.69) is 0 Å². The maximum Gasteiger partial charge on any atom is 0.149 e. The van der Waals surface area contributed by atoms with E-state index in [4.69, 9.17) is 5.73 Å². The highest BCUT2D eigenvalue weighted by atomic mass is 35.5. The first-order valence-corrected chi connectivity index (χ1v) is 2.24. The van der Waals surface area contributed by atoms with Crippen molar-refractivity contribution in [1.82, 2.24) is 0 Å². The van der Waals surface area contributed by atoms with E-state index in [1.165, 1.54) is 6.92 Å². The number of halogens is 1. The summed E-state index contributed by atoms with van der Waals surface area (Å²) in [5, 5.41) is 0. The predicted molar refractivity (Wildman–Crippen MR) is 39.8 cm³/mol. The largest absolute Gasteiger partial charge is 0.412 e. The van der Waals surface area contributed by atoms with Crippen LogP contribution >= 0.6 is 12.4 Å². The Bertz CT molecular complexity index is 87.4. The molecule has 58 valence electrons. The van der Waals surface area contributed by atoms with E-state index < -0.39 is 5.54 Å². The minimum atomic E-state index is -0.639. The molecule has 0 unspecified atom stereocenters. The molecule has 0 rings (SSSR count). The highest BCUT2D eigenvalue weighted by molar-refractivity contribution is 5.85. The van der Waals surface area contributed by atoms with Crippen molar-refractivity contribution in [1.29, 1.82) is 0 Å². The van der Waals surface area contributed by atoms with Crippen LogP contribution in [0.5, 0.6) is 0 Å². The van der Waals surface area contributed by atoms with Crippen LogP contribution in [0.4, 0.5) is 0 Å². The van der Waals surface area contributed by atoms with Gasteiger partial charge in [0.1, 0.15) is 5.78 Å². The molecule has 0 fully saturated rings. The number of nitrogens with two attached hydrogens (primary N) is 1. The van der Waals surface area contributed by atoms with Gasteiger partial charge in [-0.15, -0.1) is 12.4 Å². The molecule has 0 saturated heterocycles. The Morgan fingerprint density at radius 1 is 1.44 bits per heavy atom. The molecule has 0 radical (unpaired) electrons. The highest BCUT2D eigenvalue weighted by Crippen LogP contribution is 1.95. The molecule has 0 aromatic heterocycles. The van der Waals surface area contributed by atoms with E-state index in [1.807, 2.05) is 0 Å². The molecule has 0 aliphatic carbocycles. The lowest BCUT2D eigenvalue weighted by molar-refractivity contribution is -0.120. The summed E-state index contributed by atoms with van der Waals surface area (Å²) in [6.45, 7) is 4.87. The first-order chi connectivity index (χ1) is 2.94. The molecule has 4 heteroatoms.